The van der Waals surface area contributed by atoms with E-state index in [-0.39, 0.29) is 0 Å². The fraction of sp³-hybridized carbons (Fsp3) is 0.417. The molecule has 0 saturated carbocycles. The van der Waals surface area contributed by atoms with Gasteiger partial charge >= 0.3 is 11.8 Å². The van der Waals surface area contributed by atoms with Gasteiger partial charge in [0.2, 0.25) is 0 Å². The van der Waals surface area contributed by atoms with Crippen LogP contribution in [-0.2, 0) is 27.4 Å². The first-order chi connectivity index (χ1) is 15.1. The van der Waals surface area contributed by atoms with Gasteiger partial charge in [0.05, 0.1) is 13.2 Å². The van der Waals surface area contributed by atoms with Crippen LogP contribution in [0.2, 0.25) is 0 Å². The van der Waals surface area contributed by atoms with Crippen LogP contribution in [0.4, 0.5) is 11.4 Å². The van der Waals surface area contributed by atoms with Crippen molar-refractivity contribution in [2.75, 3.05) is 49.6 Å². The lowest BCUT2D eigenvalue weighted by Crippen LogP contribution is -2.36. The highest BCUT2D eigenvalue weighted by molar-refractivity contribution is 6.39. The summed E-state index contributed by atoms with van der Waals surface area (Å²) in [4.78, 5) is 29.0. The van der Waals surface area contributed by atoms with E-state index in [1.54, 1.807) is 0 Å². The summed E-state index contributed by atoms with van der Waals surface area (Å²) in [6, 6.07) is 15.6. The molecule has 1 fully saturated rings. The minimum absolute atomic E-state index is 0.313. The molecular formula is C24H32N4O3. The van der Waals surface area contributed by atoms with Crippen LogP contribution in [0, 0.1) is 0 Å². The molecule has 3 rings (SSSR count). The number of rotatable bonds is 8. The zero-order chi connectivity index (χ0) is 22.1. The number of ether oxygens (including phenoxy) is 1. The van der Waals surface area contributed by atoms with Crippen molar-refractivity contribution in [3.8, 4) is 0 Å². The summed E-state index contributed by atoms with van der Waals surface area (Å²) >= 11 is 0. The lowest BCUT2D eigenvalue weighted by atomic mass is 10.1. The molecule has 2 aromatic carbocycles. The van der Waals surface area contributed by atoms with E-state index in [0.29, 0.717) is 12.2 Å². The molecule has 0 bridgehead atoms. The second kappa shape index (κ2) is 11.5. The van der Waals surface area contributed by atoms with Crippen LogP contribution in [0.5, 0.6) is 0 Å². The number of carbonyl (C=O) groups excluding carboxylic acids is 2. The molecule has 0 aromatic heterocycles. The van der Waals surface area contributed by atoms with Crippen LogP contribution < -0.4 is 15.5 Å². The third-order valence-corrected chi connectivity index (χ3v) is 5.48. The first-order valence-corrected chi connectivity index (χ1v) is 10.9. The number of hydrogen-bond acceptors (Lipinski definition) is 5. The summed E-state index contributed by atoms with van der Waals surface area (Å²) in [5.41, 5.74) is 3.87. The van der Waals surface area contributed by atoms with Crippen LogP contribution >= 0.6 is 0 Å². The highest BCUT2D eigenvalue weighted by atomic mass is 16.5. The van der Waals surface area contributed by atoms with E-state index in [4.69, 9.17) is 4.74 Å². The predicted octanol–water partition coefficient (Wildman–Crippen LogP) is 2.62. The summed E-state index contributed by atoms with van der Waals surface area (Å²) in [7, 11) is 0. The average molecular weight is 425 g/mol. The number of carbonyl (C=O) groups is 2. The zero-order valence-electron chi connectivity index (χ0n) is 18.4. The smallest absolute Gasteiger partial charge is 0.313 e. The van der Waals surface area contributed by atoms with Crippen molar-refractivity contribution in [1.29, 1.82) is 0 Å². The highest BCUT2D eigenvalue weighted by Crippen LogP contribution is 2.19. The normalized spacial score (nSPS) is 13.8. The predicted molar refractivity (Wildman–Crippen MR) is 123 cm³/mol. The van der Waals surface area contributed by atoms with Gasteiger partial charge in [-0.05, 0) is 48.5 Å². The molecule has 0 spiro atoms. The quantitative estimate of drug-likeness (QED) is 0.638. The lowest BCUT2D eigenvalue weighted by Gasteiger charge is -2.28. The molecule has 2 N–H and O–H groups in total. The van der Waals surface area contributed by atoms with Crippen LogP contribution in [0.15, 0.2) is 48.5 Å². The van der Waals surface area contributed by atoms with Crippen LogP contribution in [0.25, 0.3) is 0 Å². The largest absolute Gasteiger partial charge is 0.378 e. The maximum absolute atomic E-state index is 12.2. The summed E-state index contributed by atoms with van der Waals surface area (Å²) in [5.74, 6) is -1.32. The Balaban J connectivity index is 1.45. The standard InChI is InChI=1S/C24H32N4O3/c1-3-27(4-2)18-20-7-5-19(6-8-20)17-25-23(29)24(30)26-21-9-11-22(12-10-21)28-13-15-31-16-14-28/h5-12H,3-4,13-18H2,1-2H3,(H,25,29)(H,26,30). The van der Waals surface area contributed by atoms with Crippen molar-refractivity contribution >= 4 is 23.2 Å². The van der Waals surface area contributed by atoms with Gasteiger partial charge < -0.3 is 20.3 Å². The molecule has 0 aliphatic carbocycles. The lowest BCUT2D eigenvalue weighted by molar-refractivity contribution is -0.136. The van der Waals surface area contributed by atoms with Gasteiger partial charge in [-0.2, -0.15) is 0 Å². The second-order valence-electron chi connectivity index (χ2n) is 7.56. The number of nitrogens with zero attached hydrogens (tertiary/aromatic N) is 2. The molecule has 0 atom stereocenters. The van der Waals surface area contributed by atoms with E-state index in [2.05, 4.69) is 46.4 Å². The number of benzene rings is 2. The Kier molecular flexibility index (Phi) is 8.44. The third-order valence-electron chi connectivity index (χ3n) is 5.48. The number of nitrogens with one attached hydrogen (secondary N) is 2. The van der Waals surface area contributed by atoms with Crippen molar-refractivity contribution in [3.05, 3.63) is 59.7 Å². The Morgan fingerprint density at radius 3 is 2.13 bits per heavy atom. The van der Waals surface area contributed by atoms with Crippen molar-refractivity contribution in [3.63, 3.8) is 0 Å². The maximum Gasteiger partial charge on any atom is 0.313 e. The van der Waals surface area contributed by atoms with Crippen molar-refractivity contribution in [1.82, 2.24) is 10.2 Å². The maximum atomic E-state index is 12.2. The topological polar surface area (TPSA) is 73.9 Å². The molecule has 31 heavy (non-hydrogen) atoms. The number of amides is 2. The summed E-state index contributed by atoms with van der Waals surface area (Å²) in [6.45, 7) is 10.7. The minimum atomic E-state index is -0.669. The second-order valence-corrected chi connectivity index (χ2v) is 7.56. The Labute approximate surface area is 184 Å². The van der Waals surface area contributed by atoms with E-state index in [9.17, 15) is 9.59 Å². The fourth-order valence-electron chi connectivity index (χ4n) is 3.50. The van der Waals surface area contributed by atoms with Gasteiger partial charge in [-0.15, -0.1) is 0 Å². The summed E-state index contributed by atoms with van der Waals surface area (Å²) < 4.78 is 5.36. The molecule has 166 valence electrons. The van der Waals surface area contributed by atoms with Gasteiger partial charge in [-0.3, -0.25) is 14.5 Å². The van der Waals surface area contributed by atoms with E-state index in [1.165, 1.54) is 5.56 Å². The number of hydrogen-bond donors (Lipinski definition) is 2. The van der Waals surface area contributed by atoms with Crippen LogP contribution in [-0.4, -0.2) is 56.1 Å². The molecule has 2 aromatic rings. The molecule has 0 radical (unpaired) electrons. The van der Waals surface area contributed by atoms with Crippen molar-refractivity contribution in [2.45, 2.75) is 26.9 Å². The molecule has 1 aliphatic rings. The van der Waals surface area contributed by atoms with Crippen molar-refractivity contribution < 1.29 is 14.3 Å². The van der Waals surface area contributed by atoms with Crippen LogP contribution in [0.3, 0.4) is 0 Å². The van der Waals surface area contributed by atoms with Crippen LogP contribution in [0.1, 0.15) is 25.0 Å². The zero-order valence-corrected chi connectivity index (χ0v) is 18.4. The Bertz CT molecular complexity index is 842. The van der Waals surface area contributed by atoms with E-state index in [0.717, 1.165) is 57.2 Å². The molecule has 1 aliphatic heterocycles. The Hall–Kier alpha value is -2.90. The third kappa shape index (κ3) is 6.80. The van der Waals surface area contributed by atoms with E-state index >= 15 is 0 Å². The molecule has 1 saturated heterocycles. The molecule has 2 amide bonds. The molecule has 7 heteroatoms. The Morgan fingerprint density at radius 1 is 0.903 bits per heavy atom. The average Bonchev–Trinajstić information content (AvgIpc) is 2.82. The highest BCUT2D eigenvalue weighted by Gasteiger charge is 2.15. The van der Waals surface area contributed by atoms with Gasteiger partial charge in [-0.1, -0.05) is 38.1 Å². The molecular weight excluding hydrogens is 392 g/mol. The molecule has 1 heterocycles. The SMILES string of the molecule is CCN(CC)Cc1ccc(CNC(=O)C(=O)Nc2ccc(N3CCOCC3)cc2)cc1. The fourth-order valence-corrected chi connectivity index (χ4v) is 3.50. The number of morpholine rings is 1. The molecule has 0 unspecified atom stereocenters. The van der Waals surface area contributed by atoms with Gasteiger partial charge in [0.1, 0.15) is 0 Å². The van der Waals surface area contributed by atoms with Gasteiger partial charge in [0.25, 0.3) is 0 Å². The van der Waals surface area contributed by atoms with Crippen molar-refractivity contribution in [2.24, 2.45) is 0 Å². The molecule has 7 nitrogen and oxygen atoms in total. The van der Waals surface area contributed by atoms with E-state index in [1.807, 2.05) is 36.4 Å². The summed E-state index contributed by atoms with van der Waals surface area (Å²) in [5, 5.41) is 5.33. The number of anilines is 2. The van der Waals surface area contributed by atoms with Gasteiger partial charge in [-0.25, -0.2) is 0 Å². The Morgan fingerprint density at radius 2 is 1.52 bits per heavy atom. The minimum Gasteiger partial charge on any atom is -0.378 e. The summed E-state index contributed by atoms with van der Waals surface area (Å²) in [6.07, 6.45) is 0. The van der Waals surface area contributed by atoms with E-state index < -0.39 is 11.8 Å². The first-order valence-electron chi connectivity index (χ1n) is 10.9. The first kappa shape index (κ1) is 22.8. The van der Waals surface area contributed by atoms with Gasteiger partial charge in [0.15, 0.2) is 0 Å². The monoisotopic (exact) mass is 424 g/mol. The van der Waals surface area contributed by atoms with Gasteiger partial charge in [0, 0.05) is 37.6 Å².